The van der Waals surface area contributed by atoms with Gasteiger partial charge in [-0.15, -0.1) is 0 Å². The fourth-order valence-electron chi connectivity index (χ4n) is 6.26. The van der Waals surface area contributed by atoms with E-state index in [0.717, 1.165) is 40.9 Å². The fourth-order valence-corrected chi connectivity index (χ4v) is 8.20. The van der Waals surface area contributed by atoms with Crippen molar-refractivity contribution in [3.05, 3.63) is 94.8 Å². The van der Waals surface area contributed by atoms with Gasteiger partial charge in [-0.1, -0.05) is 30.3 Å². The van der Waals surface area contributed by atoms with Crippen LogP contribution >= 0.6 is 0 Å². The summed E-state index contributed by atoms with van der Waals surface area (Å²) in [5, 5.41) is 11.4. The van der Waals surface area contributed by atoms with Gasteiger partial charge in [-0.2, -0.15) is 0 Å². The maximum Gasteiger partial charge on any atom is 0.214 e. The lowest BCUT2D eigenvalue weighted by atomic mass is 9.86. The molecule has 3 aliphatic rings. The average molecular weight is 504 g/mol. The van der Waals surface area contributed by atoms with E-state index in [1.54, 1.807) is 16.4 Å². The molecule has 36 heavy (non-hydrogen) atoms. The van der Waals surface area contributed by atoms with Crippen LogP contribution < -0.4 is 5.32 Å². The number of rotatable bonds is 8. The van der Waals surface area contributed by atoms with E-state index in [0.29, 0.717) is 19.0 Å². The second-order valence-corrected chi connectivity index (χ2v) is 12.6. The van der Waals surface area contributed by atoms with Gasteiger partial charge in [0.2, 0.25) is 10.0 Å². The van der Waals surface area contributed by atoms with Gasteiger partial charge in [0.1, 0.15) is 5.82 Å². The number of fused-ring (bicyclic) bond motifs is 1. The molecule has 3 aromatic rings. The summed E-state index contributed by atoms with van der Waals surface area (Å²) in [6.07, 6.45) is 3.36. The first-order valence-electron chi connectivity index (χ1n) is 12.5. The van der Waals surface area contributed by atoms with Crippen LogP contribution in [0.3, 0.4) is 0 Å². The van der Waals surface area contributed by atoms with Crippen molar-refractivity contribution in [3.8, 4) is 0 Å². The standard InChI is InChI=1S/C29H30FN3O2S/c1-19-13-27(32-24-11-9-23(30)10-12-24)22(15-31)14-25(19)29-18-33(36(34,35)17-20-7-8-20)16-26(29)28(29)21-5-3-2-4-6-21/h2-6,9-15,20,26,28,31-32H,7-8,16-18H2,1H3/t26-,28-,29+/m1/s1. The highest BCUT2D eigenvalue weighted by Crippen LogP contribution is 2.70. The van der Waals surface area contributed by atoms with Crippen molar-refractivity contribution in [1.29, 1.82) is 5.41 Å². The van der Waals surface area contributed by atoms with E-state index >= 15 is 0 Å². The minimum atomic E-state index is -3.29. The Bertz CT molecular complexity index is 1420. The van der Waals surface area contributed by atoms with E-state index in [1.807, 2.05) is 24.3 Å². The molecule has 0 aromatic heterocycles. The smallest absolute Gasteiger partial charge is 0.214 e. The first-order valence-corrected chi connectivity index (χ1v) is 14.1. The highest BCUT2D eigenvalue weighted by atomic mass is 32.2. The third-order valence-electron chi connectivity index (χ3n) is 8.22. The van der Waals surface area contributed by atoms with Crippen LogP contribution in [0.15, 0.2) is 66.7 Å². The quantitative estimate of drug-likeness (QED) is 0.394. The normalized spacial score (nSPS) is 25.4. The van der Waals surface area contributed by atoms with E-state index in [1.165, 1.54) is 23.9 Å². The van der Waals surface area contributed by atoms with Gasteiger partial charge in [0, 0.05) is 47.6 Å². The van der Waals surface area contributed by atoms with Gasteiger partial charge >= 0.3 is 0 Å². The molecule has 0 radical (unpaired) electrons. The summed E-state index contributed by atoms with van der Waals surface area (Å²) in [5.41, 5.74) is 5.38. The molecule has 0 spiro atoms. The molecule has 2 aliphatic carbocycles. The Morgan fingerprint density at radius 1 is 1.11 bits per heavy atom. The third-order valence-corrected chi connectivity index (χ3v) is 10.2. The van der Waals surface area contributed by atoms with E-state index in [9.17, 15) is 12.8 Å². The van der Waals surface area contributed by atoms with Gasteiger partial charge in [0.15, 0.2) is 0 Å². The molecule has 1 saturated heterocycles. The van der Waals surface area contributed by atoms with Crippen molar-refractivity contribution in [2.45, 2.75) is 31.1 Å². The molecule has 1 heterocycles. The molecule has 0 bridgehead atoms. The lowest BCUT2D eigenvalue weighted by Crippen LogP contribution is -2.36. The van der Waals surface area contributed by atoms with Gasteiger partial charge in [-0.25, -0.2) is 17.1 Å². The summed E-state index contributed by atoms with van der Waals surface area (Å²) in [7, 11) is -3.29. The molecule has 1 aliphatic heterocycles. The average Bonchev–Trinajstić information content (AvgIpc) is 3.76. The number of halogens is 1. The van der Waals surface area contributed by atoms with Crippen molar-refractivity contribution in [3.63, 3.8) is 0 Å². The van der Waals surface area contributed by atoms with Gasteiger partial charge < -0.3 is 10.7 Å². The van der Waals surface area contributed by atoms with E-state index in [-0.39, 0.29) is 28.8 Å². The number of hydrogen-bond acceptors (Lipinski definition) is 4. The van der Waals surface area contributed by atoms with Gasteiger partial charge in [-0.05, 0) is 84.7 Å². The third kappa shape index (κ3) is 3.95. The van der Waals surface area contributed by atoms with Crippen LogP contribution in [0.1, 0.15) is 41.0 Å². The van der Waals surface area contributed by atoms with Crippen LogP contribution in [0, 0.1) is 30.0 Å². The Labute approximate surface area is 211 Å². The number of nitrogens with zero attached hydrogens (tertiary/aromatic N) is 1. The topological polar surface area (TPSA) is 73.3 Å². The van der Waals surface area contributed by atoms with Crippen LogP contribution in [0.5, 0.6) is 0 Å². The molecule has 5 nitrogen and oxygen atoms in total. The summed E-state index contributed by atoms with van der Waals surface area (Å²) in [5.74, 6) is 0.738. The Balaban J connectivity index is 1.38. The summed E-state index contributed by atoms with van der Waals surface area (Å²) in [6, 6.07) is 20.6. The predicted octanol–water partition coefficient (Wildman–Crippen LogP) is 5.58. The summed E-state index contributed by atoms with van der Waals surface area (Å²) in [4.78, 5) is 0. The van der Waals surface area contributed by atoms with Crippen molar-refractivity contribution in [2.75, 3.05) is 24.2 Å². The fraction of sp³-hybridized carbons (Fsp3) is 0.345. The molecule has 186 valence electrons. The maximum absolute atomic E-state index is 13.4. The zero-order valence-corrected chi connectivity index (χ0v) is 21.1. The Morgan fingerprint density at radius 2 is 1.83 bits per heavy atom. The van der Waals surface area contributed by atoms with Crippen molar-refractivity contribution in [2.24, 2.45) is 11.8 Å². The summed E-state index contributed by atoms with van der Waals surface area (Å²) >= 11 is 0. The molecule has 3 fully saturated rings. The monoisotopic (exact) mass is 503 g/mol. The molecule has 3 atom stereocenters. The Morgan fingerprint density at radius 3 is 2.50 bits per heavy atom. The molecule has 0 unspecified atom stereocenters. The Kier molecular flexibility index (Phi) is 5.54. The van der Waals surface area contributed by atoms with Gasteiger partial charge in [0.05, 0.1) is 5.75 Å². The van der Waals surface area contributed by atoms with Crippen molar-refractivity contribution < 1.29 is 12.8 Å². The van der Waals surface area contributed by atoms with Gasteiger partial charge in [0.25, 0.3) is 0 Å². The molecule has 2 saturated carbocycles. The number of sulfonamides is 1. The number of benzene rings is 3. The van der Waals surface area contributed by atoms with E-state index < -0.39 is 10.0 Å². The second-order valence-electron chi connectivity index (χ2n) is 10.6. The van der Waals surface area contributed by atoms with Crippen molar-refractivity contribution >= 4 is 27.6 Å². The van der Waals surface area contributed by atoms with E-state index in [4.69, 9.17) is 5.41 Å². The molecule has 6 rings (SSSR count). The van der Waals surface area contributed by atoms with E-state index in [2.05, 4.69) is 30.4 Å². The number of anilines is 2. The first-order chi connectivity index (χ1) is 17.3. The highest BCUT2D eigenvalue weighted by molar-refractivity contribution is 7.89. The lowest BCUT2D eigenvalue weighted by Gasteiger charge is -2.26. The molecular weight excluding hydrogens is 473 g/mol. The molecular formula is C29H30FN3O2S. The molecule has 2 N–H and O–H groups in total. The SMILES string of the molecule is Cc1cc(Nc2ccc(F)cc2)c(C=N)cc1[C@@]12CN(S(=O)(=O)CC3CC3)C[C@@H]1[C@H]2c1ccccc1. The molecule has 0 amide bonds. The summed E-state index contributed by atoms with van der Waals surface area (Å²) in [6.45, 7) is 3.09. The zero-order chi connectivity index (χ0) is 25.1. The van der Waals surface area contributed by atoms with Crippen LogP contribution in [0.2, 0.25) is 0 Å². The predicted molar refractivity (Wildman–Crippen MR) is 141 cm³/mol. The lowest BCUT2D eigenvalue weighted by molar-refractivity contribution is 0.419. The number of hydrogen-bond donors (Lipinski definition) is 2. The van der Waals surface area contributed by atoms with Crippen LogP contribution in [-0.4, -0.2) is 37.8 Å². The number of aryl methyl sites for hydroxylation is 1. The number of piperidine rings is 1. The minimum absolute atomic E-state index is 0.210. The maximum atomic E-state index is 13.4. The van der Waals surface area contributed by atoms with Crippen LogP contribution in [0.25, 0.3) is 0 Å². The minimum Gasteiger partial charge on any atom is -0.355 e. The molecule has 3 aromatic carbocycles. The summed E-state index contributed by atoms with van der Waals surface area (Å²) < 4.78 is 41.5. The van der Waals surface area contributed by atoms with Gasteiger partial charge in [-0.3, -0.25) is 0 Å². The van der Waals surface area contributed by atoms with Crippen LogP contribution in [0.4, 0.5) is 15.8 Å². The van der Waals surface area contributed by atoms with Crippen LogP contribution in [-0.2, 0) is 15.4 Å². The second kappa shape index (κ2) is 8.53. The first kappa shape index (κ1) is 23.4. The zero-order valence-electron chi connectivity index (χ0n) is 20.2. The molecule has 7 heteroatoms. The Hall–Kier alpha value is -3.03. The number of nitrogens with one attached hydrogen (secondary N) is 2. The van der Waals surface area contributed by atoms with Crippen molar-refractivity contribution in [1.82, 2.24) is 4.31 Å². The highest BCUT2D eigenvalue weighted by Gasteiger charge is 2.71. The largest absolute Gasteiger partial charge is 0.355 e.